The zero-order chi connectivity index (χ0) is 24.1. The Balaban J connectivity index is 2.43. The fraction of sp³-hybridized carbons (Fsp3) is 0.391. The van der Waals surface area contributed by atoms with Gasteiger partial charge in [0, 0.05) is 17.6 Å². The van der Waals surface area contributed by atoms with Crippen molar-refractivity contribution in [2.45, 2.75) is 40.3 Å². The molecule has 0 spiro atoms. The predicted molar refractivity (Wildman–Crippen MR) is 131 cm³/mol. The molecule has 32 heavy (non-hydrogen) atoms. The van der Waals surface area contributed by atoms with Crippen molar-refractivity contribution < 1.29 is 18.0 Å². The zero-order valence-electron chi connectivity index (χ0n) is 19.1. The number of halogens is 1. The van der Waals surface area contributed by atoms with Gasteiger partial charge in [-0.05, 0) is 56.5 Å². The van der Waals surface area contributed by atoms with E-state index in [0.717, 1.165) is 31.7 Å². The third kappa shape index (κ3) is 6.56. The highest BCUT2D eigenvalue weighted by Gasteiger charge is 2.30. The first-order valence-electron chi connectivity index (χ1n) is 10.3. The predicted octanol–water partition coefficient (Wildman–Crippen LogP) is 3.39. The number of aryl methyl sites for hydroxylation is 2. The summed E-state index contributed by atoms with van der Waals surface area (Å²) in [6.07, 6.45) is 1.08. The van der Waals surface area contributed by atoms with Gasteiger partial charge < -0.3 is 10.2 Å². The van der Waals surface area contributed by atoms with E-state index in [-0.39, 0.29) is 12.5 Å². The summed E-state index contributed by atoms with van der Waals surface area (Å²) in [6, 6.07) is 12.1. The Hall–Kier alpha value is -2.39. The van der Waals surface area contributed by atoms with Gasteiger partial charge in [-0.15, -0.1) is 0 Å². The van der Waals surface area contributed by atoms with E-state index in [1.807, 2.05) is 56.3 Å². The minimum atomic E-state index is -3.75. The Labute approximate surface area is 199 Å². The Bertz CT molecular complexity index is 1050. The average molecular weight is 524 g/mol. The summed E-state index contributed by atoms with van der Waals surface area (Å²) in [6.45, 7) is 7.27. The third-order valence-electron chi connectivity index (χ3n) is 5.15. The van der Waals surface area contributed by atoms with Gasteiger partial charge in [-0.2, -0.15) is 0 Å². The second-order valence-corrected chi connectivity index (χ2v) is 10.6. The molecule has 0 saturated carbocycles. The van der Waals surface area contributed by atoms with Crippen molar-refractivity contribution in [2.75, 3.05) is 23.7 Å². The van der Waals surface area contributed by atoms with E-state index >= 15 is 0 Å². The zero-order valence-corrected chi connectivity index (χ0v) is 21.5. The van der Waals surface area contributed by atoms with E-state index in [9.17, 15) is 18.0 Å². The molecule has 174 valence electrons. The summed E-state index contributed by atoms with van der Waals surface area (Å²) < 4.78 is 27.4. The van der Waals surface area contributed by atoms with Crippen molar-refractivity contribution in [3.63, 3.8) is 0 Å². The molecular weight excluding hydrogens is 494 g/mol. The topological polar surface area (TPSA) is 86.8 Å². The molecule has 1 atom stereocenters. The van der Waals surface area contributed by atoms with Gasteiger partial charge >= 0.3 is 0 Å². The van der Waals surface area contributed by atoms with Crippen molar-refractivity contribution in [2.24, 2.45) is 0 Å². The molecule has 0 heterocycles. The second kappa shape index (κ2) is 11.0. The van der Waals surface area contributed by atoms with Crippen molar-refractivity contribution in [3.05, 3.63) is 63.6 Å². The number of hydrogen-bond acceptors (Lipinski definition) is 4. The highest BCUT2D eigenvalue weighted by molar-refractivity contribution is 9.10. The van der Waals surface area contributed by atoms with E-state index in [1.54, 1.807) is 13.8 Å². The van der Waals surface area contributed by atoms with Crippen LogP contribution < -0.4 is 9.62 Å². The molecule has 1 N–H and O–H groups in total. The van der Waals surface area contributed by atoms with E-state index in [4.69, 9.17) is 0 Å². The maximum absolute atomic E-state index is 13.4. The minimum absolute atomic E-state index is 0.175. The van der Waals surface area contributed by atoms with Crippen LogP contribution in [0.15, 0.2) is 46.9 Å². The van der Waals surface area contributed by atoms with Gasteiger partial charge in [0.15, 0.2) is 0 Å². The smallest absolute Gasteiger partial charge is 0.244 e. The molecule has 2 rings (SSSR count). The highest BCUT2D eigenvalue weighted by Crippen LogP contribution is 2.27. The van der Waals surface area contributed by atoms with Gasteiger partial charge in [0.1, 0.15) is 12.6 Å². The number of anilines is 1. The lowest BCUT2D eigenvalue weighted by molar-refractivity contribution is -0.139. The van der Waals surface area contributed by atoms with Gasteiger partial charge in [0.25, 0.3) is 0 Å². The summed E-state index contributed by atoms with van der Waals surface area (Å²) >= 11 is 3.39. The third-order valence-corrected chi connectivity index (χ3v) is 6.79. The normalized spacial score (nSPS) is 12.2. The molecule has 0 aliphatic heterocycles. The number of nitrogens with zero attached hydrogens (tertiary/aromatic N) is 2. The monoisotopic (exact) mass is 523 g/mol. The second-order valence-electron chi connectivity index (χ2n) is 7.73. The molecule has 0 aliphatic carbocycles. The first-order chi connectivity index (χ1) is 15.0. The lowest BCUT2D eigenvalue weighted by atomic mass is 10.1. The SMILES string of the molecule is CCNC(=O)[C@H](C)N(Cc1ccc(Br)cc1)C(=O)CN(c1c(C)cccc1C)S(C)(=O)=O. The summed E-state index contributed by atoms with van der Waals surface area (Å²) in [5, 5.41) is 2.74. The van der Waals surface area contributed by atoms with Crippen LogP contribution in [0, 0.1) is 13.8 Å². The van der Waals surface area contributed by atoms with Crippen LogP contribution in [0.4, 0.5) is 5.69 Å². The highest BCUT2D eigenvalue weighted by atomic mass is 79.9. The van der Waals surface area contributed by atoms with Gasteiger partial charge in [-0.25, -0.2) is 8.42 Å². The van der Waals surface area contributed by atoms with Crippen LogP contribution in [-0.4, -0.2) is 50.5 Å². The van der Waals surface area contributed by atoms with E-state index in [0.29, 0.717) is 12.2 Å². The average Bonchev–Trinajstić information content (AvgIpc) is 2.71. The lowest BCUT2D eigenvalue weighted by Crippen LogP contribution is -2.51. The fourth-order valence-corrected chi connectivity index (χ4v) is 4.69. The molecule has 9 heteroatoms. The van der Waals surface area contributed by atoms with Gasteiger partial charge in [0.05, 0.1) is 11.9 Å². The number of likely N-dealkylation sites (N-methyl/N-ethyl adjacent to an activating group) is 1. The summed E-state index contributed by atoms with van der Waals surface area (Å²) in [4.78, 5) is 27.4. The Morgan fingerprint density at radius 2 is 1.62 bits per heavy atom. The number of amides is 2. The number of hydrogen-bond donors (Lipinski definition) is 1. The first kappa shape index (κ1) is 25.9. The molecule has 0 aromatic heterocycles. The van der Waals surface area contributed by atoms with Crippen molar-refractivity contribution >= 4 is 43.5 Å². The van der Waals surface area contributed by atoms with Crippen LogP contribution in [-0.2, 0) is 26.2 Å². The Kier molecular flexibility index (Phi) is 8.86. The first-order valence-corrected chi connectivity index (χ1v) is 12.9. The molecule has 0 radical (unpaired) electrons. The van der Waals surface area contributed by atoms with Gasteiger partial charge in [0.2, 0.25) is 21.8 Å². The number of rotatable bonds is 9. The van der Waals surface area contributed by atoms with Crippen LogP contribution in [0.2, 0.25) is 0 Å². The quantitative estimate of drug-likeness (QED) is 0.545. The molecule has 0 bridgehead atoms. The molecule has 0 unspecified atom stereocenters. The van der Waals surface area contributed by atoms with E-state index in [2.05, 4.69) is 21.2 Å². The Morgan fingerprint density at radius 1 is 1.06 bits per heavy atom. The molecule has 0 aliphatic rings. The van der Waals surface area contributed by atoms with E-state index in [1.165, 1.54) is 4.90 Å². The minimum Gasteiger partial charge on any atom is -0.355 e. The summed E-state index contributed by atoms with van der Waals surface area (Å²) in [7, 11) is -3.75. The lowest BCUT2D eigenvalue weighted by Gasteiger charge is -2.32. The molecule has 2 aromatic carbocycles. The van der Waals surface area contributed by atoms with Crippen LogP contribution >= 0.6 is 15.9 Å². The number of sulfonamides is 1. The molecule has 0 saturated heterocycles. The molecule has 7 nitrogen and oxygen atoms in total. The number of benzene rings is 2. The van der Waals surface area contributed by atoms with E-state index < -0.39 is 28.5 Å². The molecule has 2 aromatic rings. The number of carbonyl (C=O) groups is 2. The van der Waals surface area contributed by atoms with Crippen LogP contribution in [0.1, 0.15) is 30.5 Å². The fourth-order valence-electron chi connectivity index (χ4n) is 3.47. The van der Waals surface area contributed by atoms with Crippen molar-refractivity contribution in [3.8, 4) is 0 Å². The maximum atomic E-state index is 13.4. The number of nitrogens with one attached hydrogen (secondary N) is 1. The molecule has 2 amide bonds. The molecule has 0 fully saturated rings. The van der Waals surface area contributed by atoms with Crippen LogP contribution in [0.5, 0.6) is 0 Å². The van der Waals surface area contributed by atoms with Gasteiger partial charge in [-0.3, -0.25) is 13.9 Å². The standard InChI is InChI=1S/C23H30BrN3O4S/c1-6-25-23(29)18(4)26(14-19-10-12-20(24)13-11-19)21(28)15-27(32(5,30)31)22-16(2)8-7-9-17(22)3/h7-13,18H,6,14-15H2,1-5H3,(H,25,29)/t18-/m0/s1. The Morgan fingerprint density at radius 3 is 2.12 bits per heavy atom. The summed E-state index contributed by atoms with van der Waals surface area (Å²) in [5.41, 5.74) is 2.81. The maximum Gasteiger partial charge on any atom is 0.244 e. The molecular formula is C23H30BrN3O4S. The largest absolute Gasteiger partial charge is 0.355 e. The van der Waals surface area contributed by atoms with Crippen LogP contribution in [0.3, 0.4) is 0 Å². The summed E-state index contributed by atoms with van der Waals surface area (Å²) in [5.74, 6) is -0.754. The number of carbonyl (C=O) groups excluding carboxylic acids is 2. The number of para-hydroxylation sites is 1. The van der Waals surface area contributed by atoms with Crippen LogP contribution in [0.25, 0.3) is 0 Å². The van der Waals surface area contributed by atoms with Crippen molar-refractivity contribution in [1.82, 2.24) is 10.2 Å². The van der Waals surface area contributed by atoms with Gasteiger partial charge in [-0.1, -0.05) is 46.3 Å². The van der Waals surface area contributed by atoms with Crippen molar-refractivity contribution in [1.29, 1.82) is 0 Å².